The van der Waals surface area contributed by atoms with Crippen molar-refractivity contribution >= 4 is 22.7 Å². The van der Waals surface area contributed by atoms with Crippen LogP contribution in [0.2, 0.25) is 0 Å². The van der Waals surface area contributed by atoms with E-state index in [1.54, 1.807) is 37.3 Å². The van der Waals surface area contributed by atoms with Crippen LogP contribution in [0.25, 0.3) is 16.6 Å². The van der Waals surface area contributed by atoms with Gasteiger partial charge in [0.1, 0.15) is 11.6 Å². The fourth-order valence-electron chi connectivity index (χ4n) is 3.21. The molecule has 1 aromatic heterocycles. The molecule has 31 heavy (non-hydrogen) atoms. The van der Waals surface area contributed by atoms with Gasteiger partial charge in [-0.15, -0.1) is 0 Å². The normalized spacial score (nSPS) is 10.6. The van der Waals surface area contributed by atoms with E-state index < -0.39 is 17.6 Å². The summed E-state index contributed by atoms with van der Waals surface area (Å²) in [6.45, 7) is 1.73. The summed E-state index contributed by atoms with van der Waals surface area (Å²) in [7, 11) is 0. The molecule has 0 aliphatic heterocycles. The lowest BCUT2D eigenvalue weighted by Crippen LogP contribution is -2.41. The Hall–Kier alpha value is -4.33. The molecule has 4 rings (SSSR count). The first-order valence-corrected chi connectivity index (χ1v) is 9.40. The van der Waals surface area contributed by atoms with Crippen LogP contribution >= 0.6 is 0 Å². The van der Waals surface area contributed by atoms with Crippen molar-refractivity contribution < 1.29 is 14.0 Å². The maximum absolute atomic E-state index is 13.6. The van der Waals surface area contributed by atoms with Gasteiger partial charge in [-0.05, 0) is 55.5 Å². The minimum Gasteiger partial charge on any atom is -0.268 e. The molecular formula is C23H17FN4O3. The molecule has 0 radical (unpaired) electrons. The van der Waals surface area contributed by atoms with Gasteiger partial charge >= 0.3 is 0 Å². The molecule has 0 aliphatic rings. The number of hydrogen-bond acceptors (Lipinski definition) is 4. The molecule has 0 saturated heterocycles. The zero-order chi connectivity index (χ0) is 22.0. The van der Waals surface area contributed by atoms with E-state index >= 15 is 0 Å². The van der Waals surface area contributed by atoms with Crippen LogP contribution in [0.5, 0.6) is 0 Å². The fraction of sp³-hybridized carbons (Fsp3) is 0.0435. The van der Waals surface area contributed by atoms with Gasteiger partial charge in [-0.25, -0.2) is 9.37 Å². The maximum atomic E-state index is 13.6. The van der Waals surface area contributed by atoms with Gasteiger partial charge in [0.15, 0.2) is 0 Å². The van der Waals surface area contributed by atoms with Crippen LogP contribution < -0.4 is 16.4 Å². The maximum Gasteiger partial charge on any atom is 0.272 e. The third-order valence-corrected chi connectivity index (χ3v) is 4.74. The van der Waals surface area contributed by atoms with Crippen molar-refractivity contribution in [1.82, 2.24) is 20.4 Å². The second-order valence-corrected chi connectivity index (χ2v) is 6.75. The average Bonchev–Trinajstić information content (AvgIpc) is 2.78. The Morgan fingerprint density at radius 1 is 0.871 bits per heavy atom. The fourth-order valence-corrected chi connectivity index (χ4v) is 3.21. The van der Waals surface area contributed by atoms with Crippen LogP contribution in [0.4, 0.5) is 4.39 Å². The van der Waals surface area contributed by atoms with Crippen LogP contribution in [0, 0.1) is 12.7 Å². The van der Waals surface area contributed by atoms with Gasteiger partial charge in [-0.1, -0.05) is 24.3 Å². The summed E-state index contributed by atoms with van der Waals surface area (Å²) < 4.78 is 15.1. The number of aryl methyl sites for hydroxylation is 1. The number of aromatic nitrogens is 2. The molecule has 0 spiro atoms. The lowest BCUT2D eigenvalue weighted by atomic mass is 10.2. The molecular weight excluding hydrogens is 399 g/mol. The van der Waals surface area contributed by atoms with Crippen molar-refractivity contribution in [3.05, 3.63) is 106 Å². The number of benzene rings is 3. The van der Waals surface area contributed by atoms with Crippen molar-refractivity contribution in [1.29, 1.82) is 0 Å². The van der Waals surface area contributed by atoms with E-state index in [-0.39, 0.29) is 16.7 Å². The topological polar surface area (TPSA) is 93.1 Å². The third-order valence-electron chi connectivity index (χ3n) is 4.74. The predicted molar refractivity (Wildman–Crippen MR) is 113 cm³/mol. The smallest absolute Gasteiger partial charge is 0.268 e. The molecule has 2 amide bonds. The first kappa shape index (κ1) is 20.0. The summed E-state index contributed by atoms with van der Waals surface area (Å²) in [5, 5.41) is 0.491. The number of hydrogen-bond donors (Lipinski definition) is 2. The average molecular weight is 416 g/mol. The van der Waals surface area contributed by atoms with Gasteiger partial charge in [0.25, 0.3) is 17.4 Å². The summed E-state index contributed by atoms with van der Waals surface area (Å²) in [5.41, 5.74) is 5.44. The van der Waals surface area contributed by atoms with Crippen LogP contribution in [0.15, 0.2) is 77.6 Å². The van der Waals surface area contributed by atoms with E-state index in [1.807, 2.05) is 6.07 Å². The number of halogens is 1. The second-order valence-electron chi connectivity index (χ2n) is 6.75. The Bertz CT molecular complexity index is 1360. The van der Waals surface area contributed by atoms with E-state index in [0.29, 0.717) is 22.4 Å². The van der Waals surface area contributed by atoms with E-state index in [0.717, 1.165) is 6.07 Å². The molecule has 0 fully saturated rings. The number of nitrogens with one attached hydrogen (secondary N) is 2. The molecule has 8 heteroatoms. The summed E-state index contributed by atoms with van der Waals surface area (Å²) >= 11 is 0. The lowest BCUT2D eigenvalue weighted by Gasteiger charge is -2.12. The number of para-hydroxylation sites is 1. The summed E-state index contributed by atoms with van der Waals surface area (Å²) in [4.78, 5) is 41.7. The lowest BCUT2D eigenvalue weighted by molar-refractivity contribution is 0.0844. The number of nitrogens with zero attached hydrogens (tertiary/aromatic N) is 2. The van der Waals surface area contributed by atoms with Gasteiger partial charge in [-0.3, -0.25) is 29.8 Å². The Morgan fingerprint density at radius 3 is 2.26 bits per heavy atom. The largest absolute Gasteiger partial charge is 0.272 e. The predicted octanol–water partition coefficient (Wildman–Crippen LogP) is 2.91. The Balaban J connectivity index is 1.53. The van der Waals surface area contributed by atoms with Crippen molar-refractivity contribution in [3.63, 3.8) is 0 Å². The molecule has 0 saturated carbocycles. The van der Waals surface area contributed by atoms with Gasteiger partial charge in [-0.2, -0.15) is 0 Å². The monoisotopic (exact) mass is 416 g/mol. The SMILES string of the molecule is Cc1nc2ccccc2c(=O)n1-c1ccc(C(=O)NNC(=O)c2ccccc2F)cc1. The number of amides is 2. The Morgan fingerprint density at radius 2 is 1.52 bits per heavy atom. The molecule has 7 nitrogen and oxygen atoms in total. The summed E-state index contributed by atoms with van der Waals surface area (Å²) in [6.07, 6.45) is 0. The van der Waals surface area contributed by atoms with Crippen LogP contribution in [-0.2, 0) is 0 Å². The van der Waals surface area contributed by atoms with Crippen molar-refractivity contribution in [3.8, 4) is 5.69 Å². The molecule has 154 valence electrons. The first-order chi connectivity index (χ1) is 15.0. The first-order valence-electron chi connectivity index (χ1n) is 9.40. The van der Waals surface area contributed by atoms with Crippen molar-refractivity contribution in [2.45, 2.75) is 6.92 Å². The molecule has 3 aromatic carbocycles. The van der Waals surface area contributed by atoms with Crippen molar-refractivity contribution in [2.24, 2.45) is 0 Å². The van der Waals surface area contributed by atoms with E-state index in [1.165, 1.54) is 34.9 Å². The summed E-state index contributed by atoms with van der Waals surface area (Å²) in [6, 6.07) is 18.8. The molecule has 0 unspecified atom stereocenters. The number of hydrazine groups is 1. The second kappa shape index (κ2) is 8.19. The number of fused-ring (bicyclic) bond motifs is 1. The van der Waals surface area contributed by atoms with E-state index in [4.69, 9.17) is 0 Å². The molecule has 0 atom stereocenters. The molecule has 2 N–H and O–H groups in total. The minimum atomic E-state index is -0.771. The highest BCUT2D eigenvalue weighted by atomic mass is 19.1. The molecule has 0 bridgehead atoms. The van der Waals surface area contributed by atoms with Gasteiger partial charge < -0.3 is 0 Å². The third kappa shape index (κ3) is 3.91. The van der Waals surface area contributed by atoms with E-state index in [2.05, 4.69) is 15.8 Å². The molecule has 1 heterocycles. The van der Waals surface area contributed by atoms with Crippen LogP contribution in [0.1, 0.15) is 26.5 Å². The Labute approximate surface area is 176 Å². The number of rotatable bonds is 3. The van der Waals surface area contributed by atoms with Gasteiger partial charge in [0.2, 0.25) is 0 Å². The Kier molecular flexibility index (Phi) is 5.28. The van der Waals surface area contributed by atoms with Crippen LogP contribution in [0.3, 0.4) is 0 Å². The highest BCUT2D eigenvalue weighted by Gasteiger charge is 2.14. The molecule has 0 aliphatic carbocycles. The number of carbonyl (C=O) groups is 2. The standard InChI is InChI=1S/C23H17FN4O3/c1-14-25-20-9-5-3-7-18(20)23(31)28(14)16-12-10-15(11-13-16)21(29)26-27-22(30)17-6-2-4-8-19(17)24/h2-13H,1H3,(H,26,29)(H,27,30). The highest BCUT2D eigenvalue weighted by Crippen LogP contribution is 2.13. The molecule has 4 aromatic rings. The van der Waals surface area contributed by atoms with E-state index in [9.17, 15) is 18.8 Å². The number of carbonyl (C=O) groups excluding carboxylic acids is 2. The van der Waals surface area contributed by atoms with Gasteiger partial charge in [0, 0.05) is 5.56 Å². The quantitative estimate of drug-likeness (QED) is 0.502. The van der Waals surface area contributed by atoms with Crippen molar-refractivity contribution in [2.75, 3.05) is 0 Å². The van der Waals surface area contributed by atoms with Gasteiger partial charge in [0.05, 0.1) is 22.2 Å². The van der Waals surface area contributed by atoms with Crippen LogP contribution in [-0.4, -0.2) is 21.4 Å². The summed E-state index contributed by atoms with van der Waals surface area (Å²) in [5.74, 6) is -1.54. The zero-order valence-corrected chi connectivity index (χ0v) is 16.4. The zero-order valence-electron chi connectivity index (χ0n) is 16.4. The minimum absolute atomic E-state index is 0.184. The highest BCUT2D eigenvalue weighted by molar-refractivity contribution is 5.99.